The van der Waals surface area contributed by atoms with E-state index in [0.717, 1.165) is 17.8 Å². The van der Waals surface area contributed by atoms with E-state index in [0.29, 0.717) is 11.4 Å². The van der Waals surface area contributed by atoms with Crippen molar-refractivity contribution in [2.24, 2.45) is 0 Å². The van der Waals surface area contributed by atoms with Crippen molar-refractivity contribution in [1.82, 2.24) is 20.1 Å². The number of rotatable bonds is 6. The lowest BCUT2D eigenvalue weighted by atomic mass is 10.0. The van der Waals surface area contributed by atoms with E-state index in [4.69, 9.17) is 0 Å². The number of aromatic nitrogens is 3. The van der Waals surface area contributed by atoms with Crippen LogP contribution in [0.4, 0.5) is 18.9 Å². The number of carbonyl (C=O) groups is 2. The molecule has 0 saturated carbocycles. The molecule has 2 amide bonds. The largest absolute Gasteiger partial charge is 0.417 e. The minimum absolute atomic E-state index is 0.118. The van der Waals surface area contributed by atoms with Crippen LogP contribution >= 0.6 is 0 Å². The Bertz CT molecular complexity index is 1100. The number of likely N-dealkylation sites (N-methyl/N-ethyl adjacent to an activating group) is 1. The Balaban J connectivity index is 1.83. The highest BCUT2D eigenvalue weighted by Crippen LogP contribution is 2.29. The summed E-state index contributed by atoms with van der Waals surface area (Å²) in [4.78, 5) is 28.2. The van der Waals surface area contributed by atoms with E-state index in [1.165, 1.54) is 16.9 Å². The van der Waals surface area contributed by atoms with Gasteiger partial charge in [-0.2, -0.15) is 18.3 Å². The molecule has 0 bridgehead atoms. The third kappa shape index (κ3) is 5.13. The first kappa shape index (κ1) is 23.0. The molecule has 0 spiro atoms. The normalized spacial score (nSPS) is 11.5. The quantitative estimate of drug-likeness (QED) is 0.601. The van der Waals surface area contributed by atoms with Gasteiger partial charge in [-0.15, -0.1) is 0 Å². The number of hydrogen-bond acceptors (Lipinski definition) is 4. The predicted octanol–water partition coefficient (Wildman–Crippen LogP) is 3.95. The van der Waals surface area contributed by atoms with E-state index >= 15 is 0 Å². The Morgan fingerprint density at radius 2 is 1.75 bits per heavy atom. The second kappa shape index (κ2) is 9.21. The van der Waals surface area contributed by atoms with Gasteiger partial charge in [0.1, 0.15) is 0 Å². The number of pyridine rings is 1. The average molecular weight is 445 g/mol. The third-order valence-corrected chi connectivity index (χ3v) is 4.75. The highest BCUT2D eigenvalue weighted by Gasteiger charge is 2.31. The first-order valence-electron chi connectivity index (χ1n) is 9.82. The van der Waals surface area contributed by atoms with Crippen molar-refractivity contribution in [3.63, 3.8) is 0 Å². The molecule has 0 aliphatic heterocycles. The number of halogens is 3. The number of nitrogens with one attached hydrogen (secondary N) is 2. The summed E-state index contributed by atoms with van der Waals surface area (Å²) in [5, 5.41) is 9.51. The Labute approximate surface area is 182 Å². The minimum Gasteiger partial charge on any atom is -0.359 e. The average Bonchev–Trinajstić information content (AvgIpc) is 3.20. The molecule has 32 heavy (non-hydrogen) atoms. The molecule has 2 N–H and O–H groups in total. The molecule has 0 aliphatic rings. The van der Waals surface area contributed by atoms with Crippen molar-refractivity contribution in [1.29, 1.82) is 0 Å². The number of carbonyl (C=O) groups excluding carboxylic acids is 2. The van der Waals surface area contributed by atoms with Crippen molar-refractivity contribution in [3.8, 4) is 5.82 Å². The molecule has 2 heterocycles. The summed E-state index contributed by atoms with van der Waals surface area (Å²) in [5.74, 6) is -0.504. The van der Waals surface area contributed by atoms with Gasteiger partial charge in [-0.1, -0.05) is 26.0 Å². The zero-order valence-corrected chi connectivity index (χ0v) is 17.7. The maximum Gasteiger partial charge on any atom is 0.417 e. The maximum atomic E-state index is 12.9. The molecule has 7 nitrogen and oxygen atoms in total. The molecule has 0 aliphatic carbocycles. The van der Waals surface area contributed by atoms with E-state index in [1.807, 2.05) is 13.8 Å². The lowest BCUT2D eigenvalue weighted by Gasteiger charge is -2.13. The van der Waals surface area contributed by atoms with E-state index in [9.17, 15) is 22.8 Å². The van der Waals surface area contributed by atoms with Crippen LogP contribution in [0.15, 0.2) is 48.8 Å². The Morgan fingerprint density at radius 3 is 2.28 bits per heavy atom. The van der Waals surface area contributed by atoms with Gasteiger partial charge in [0.15, 0.2) is 5.82 Å². The molecule has 168 valence electrons. The van der Waals surface area contributed by atoms with E-state index in [-0.39, 0.29) is 29.6 Å². The number of alkyl halides is 3. The fraction of sp³-hybridized carbons (Fsp3) is 0.273. The van der Waals surface area contributed by atoms with Crippen LogP contribution in [-0.4, -0.2) is 33.6 Å². The van der Waals surface area contributed by atoms with Gasteiger partial charge in [-0.3, -0.25) is 9.59 Å². The Kier molecular flexibility index (Phi) is 6.61. The standard InChI is InChI=1S/C22H22F3N5O2/c1-13(2)20-17(12-28-30(20)18-9-6-15(11-27-18)22(23,24)25)21(32)29-16-7-4-14(5-8-16)10-19(31)26-3/h4-9,11-13H,10H2,1-3H3,(H,26,31)(H,29,32). The first-order chi connectivity index (χ1) is 15.1. The fourth-order valence-corrected chi connectivity index (χ4v) is 3.13. The summed E-state index contributed by atoms with van der Waals surface area (Å²) in [7, 11) is 1.56. The topological polar surface area (TPSA) is 88.9 Å². The molecule has 3 rings (SSSR count). The van der Waals surface area contributed by atoms with Gasteiger partial charge in [0, 0.05) is 18.9 Å². The lowest BCUT2D eigenvalue weighted by Crippen LogP contribution is -2.20. The van der Waals surface area contributed by atoms with Gasteiger partial charge in [-0.25, -0.2) is 9.67 Å². The van der Waals surface area contributed by atoms with Crippen LogP contribution in [0.3, 0.4) is 0 Å². The van der Waals surface area contributed by atoms with Crippen LogP contribution in [0.2, 0.25) is 0 Å². The highest BCUT2D eigenvalue weighted by atomic mass is 19.4. The smallest absolute Gasteiger partial charge is 0.359 e. The van der Waals surface area contributed by atoms with Crippen LogP contribution in [0.1, 0.15) is 46.9 Å². The summed E-state index contributed by atoms with van der Waals surface area (Å²) in [6, 6.07) is 9.00. The van der Waals surface area contributed by atoms with Crippen LogP contribution in [0.25, 0.3) is 5.82 Å². The monoisotopic (exact) mass is 445 g/mol. The SMILES string of the molecule is CNC(=O)Cc1ccc(NC(=O)c2cnn(-c3ccc(C(F)(F)F)cn3)c2C(C)C)cc1. The number of hydrogen-bond donors (Lipinski definition) is 2. The predicted molar refractivity (Wildman–Crippen MR) is 113 cm³/mol. The van der Waals surface area contributed by atoms with Crippen LogP contribution < -0.4 is 10.6 Å². The molecule has 10 heteroatoms. The molecule has 3 aromatic rings. The summed E-state index contributed by atoms with van der Waals surface area (Å²) in [6.07, 6.45) is -2.15. The van der Waals surface area contributed by atoms with E-state index in [2.05, 4.69) is 20.7 Å². The van der Waals surface area contributed by atoms with Gasteiger partial charge in [0.05, 0.1) is 29.4 Å². The number of amides is 2. The summed E-state index contributed by atoms with van der Waals surface area (Å²) in [5.41, 5.74) is 1.27. The molecule has 0 radical (unpaired) electrons. The molecule has 0 unspecified atom stereocenters. The summed E-state index contributed by atoms with van der Waals surface area (Å²) < 4.78 is 39.8. The Hall–Kier alpha value is -3.69. The summed E-state index contributed by atoms with van der Waals surface area (Å²) in [6.45, 7) is 3.70. The summed E-state index contributed by atoms with van der Waals surface area (Å²) >= 11 is 0. The van der Waals surface area contributed by atoms with Gasteiger partial charge >= 0.3 is 6.18 Å². The van der Waals surface area contributed by atoms with Crippen LogP contribution in [0, 0.1) is 0 Å². The zero-order valence-electron chi connectivity index (χ0n) is 17.7. The first-order valence-corrected chi connectivity index (χ1v) is 9.82. The maximum absolute atomic E-state index is 12.9. The second-order valence-electron chi connectivity index (χ2n) is 7.41. The van der Waals surface area contributed by atoms with Crippen LogP contribution in [-0.2, 0) is 17.4 Å². The van der Waals surface area contributed by atoms with Gasteiger partial charge in [-0.05, 0) is 35.7 Å². The van der Waals surface area contributed by atoms with Crippen molar-refractivity contribution >= 4 is 17.5 Å². The Morgan fingerprint density at radius 1 is 1.06 bits per heavy atom. The second-order valence-corrected chi connectivity index (χ2v) is 7.41. The molecular formula is C22H22F3N5O2. The van der Waals surface area contributed by atoms with E-state index in [1.54, 1.807) is 31.3 Å². The van der Waals surface area contributed by atoms with Gasteiger partial charge < -0.3 is 10.6 Å². The molecule has 2 aromatic heterocycles. The molecular weight excluding hydrogens is 423 g/mol. The van der Waals surface area contributed by atoms with Crippen molar-refractivity contribution in [3.05, 3.63) is 71.2 Å². The van der Waals surface area contributed by atoms with Gasteiger partial charge in [0.25, 0.3) is 5.91 Å². The molecule has 1 aromatic carbocycles. The molecule has 0 fully saturated rings. The van der Waals surface area contributed by atoms with Crippen molar-refractivity contribution in [2.75, 3.05) is 12.4 Å². The van der Waals surface area contributed by atoms with Crippen molar-refractivity contribution in [2.45, 2.75) is 32.4 Å². The molecule has 0 saturated heterocycles. The van der Waals surface area contributed by atoms with Gasteiger partial charge in [0.2, 0.25) is 5.91 Å². The minimum atomic E-state index is -4.49. The highest BCUT2D eigenvalue weighted by molar-refractivity contribution is 6.05. The number of benzene rings is 1. The number of nitrogens with zero attached hydrogens (tertiary/aromatic N) is 3. The zero-order chi connectivity index (χ0) is 23.5. The van der Waals surface area contributed by atoms with Crippen molar-refractivity contribution < 1.29 is 22.8 Å². The third-order valence-electron chi connectivity index (χ3n) is 4.75. The fourth-order valence-electron chi connectivity index (χ4n) is 3.13. The molecule has 0 atom stereocenters. The van der Waals surface area contributed by atoms with E-state index < -0.39 is 17.6 Å². The lowest BCUT2D eigenvalue weighted by molar-refractivity contribution is -0.137. The number of anilines is 1. The van der Waals surface area contributed by atoms with Crippen LogP contribution in [0.5, 0.6) is 0 Å².